The van der Waals surface area contributed by atoms with E-state index >= 15 is 0 Å². The predicted molar refractivity (Wildman–Crippen MR) is 115 cm³/mol. The summed E-state index contributed by atoms with van der Waals surface area (Å²) in [5, 5.41) is 0. The summed E-state index contributed by atoms with van der Waals surface area (Å²) in [6.45, 7) is 0.479. The molecule has 0 saturated carbocycles. The number of imidazole rings is 1. The van der Waals surface area contributed by atoms with Gasteiger partial charge in [0, 0.05) is 31.1 Å². The van der Waals surface area contributed by atoms with Gasteiger partial charge in [0.15, 0.2) is 11.0 Å². The van der Waals surface area contributed by atoms with Crippen LogP contribution in [0.2, 0.25) is 0 Å². The van der Waals surface area contributed by atoms with Crippen LogP contribution in [0.4, 0.5) is 5.69 Å². The molecule has 0 amide bonds. The van der Waals surface area contributed by atoms with Crippen LogP contribution in [0, 0.1) is 0 Å². The molecule has 28 heavy (non-hydrogen) atoms. The molecule has 3 rings (SSSR count). The van der Waals surface area contributed by atoms with Gasteiger partial charge in [0.1, 0.15) is 9.15 Å². The average molecular weight is 418 g/mol. The summed E-state index contributed by atoms with van der Waals surface area (Å²) < 4.78 is 36.3. The predicted octanol–water partition coefficient (Wildman–Crippen LogP) is 2.80. The first-order chi connectivity index (χ1) is 13.3. The van der Waals surface area contributed by atoms with Crippen molar-refractivity contribution in [3.63, 3.8) is 0 Å². The number of aryl methyl sites for hydroxylation is 2. The number of fused-ring (bicyclic) bond motifs is 1. The highest BCUT2D eigenvalue weighted by Crippen LogP contribution is 2.18. The van der Waals surface area contributed by atoms with Crippen LogP contribution < -0.4 is 9.47 Å². The Labute approximate surface area is 169 Å². The molecule has 148 valence electrons. The van der Waals surface area contributed by atoms with E-state index in [0.717, 1.165) is 17.1 Å². The van der Waals surface area contributed by atoms with Crippen molar-refractivity contribution < 1.29 is 17.5 Å². The molecule has 0 N–H and O–H groups in total. The highest BCUT2D eigenvalue weighted by Gasteiger charge is 2.16. The summed E-state index contributed by atoms with van der Waals surface area (Å²) in [4.78, 5) is 1.93. The Morgan fingerprint density at radius 2 is 1.82 bits per heavy atom. The Hall–Kier alpha value is -2.29. The summed E-state index contributed by atoms with van der Waals surface area (Å²) in [5.74, 6) is 1.33. The van der Waals surface area contributed by atoms with E-state index in [1.54, 1.807) is 0 Å². The van der Waals surface area contributed by atoms with Crippen molar-refractivity contribution in [2.45, 2.75) is 0 Å². The number of para-hydroxylation sites is 2. The highest BCUT2D eigenvalue weighted by molar-refractivity contribution is 8.69. The second kappa shape index (κ2) is 8.38. The van der Waals surface area contributed by atoms with Crippen molar-refractivity contribution in [3.8, 4) is 0 Å². The lowest BCUT2D eigenvalue weighted by Crippen LogP contribution is -2.30. The minimum atomic E-state index is -4.23. The Balaban J connectivity index is 1.71. The van der Waals surface area contributed by atoms with Gasteiger partial charge in [-0.25, -0.2) is 17.6 Å². The van der Waals surface area contributed by atoms with Crippen molar-refractivity contribution in [1.82, 2.24) is 4.57 Å². The van der Waals surface area contributed by atoms with E-state index in [2.05, 4.69) is 47.5 Å². The Kier molecular flexibility index (Phi) is 6.12. The molecule has 3 aromatic rings. The molecule has 0 saturated heterocycles. The van der Waals surface area contributed by atoms with Crippen LogP contribution in [-0.2, 0) is 23.2 Å². The summed E-state index contributed by atoms with van der Waals surface area (Å²) in [5.41, 5.74) is 4.40. The quantitative estimate of drug-likeness (QED) is 0.336. The zero-order valence-corrected chi connectivity index (χ0v) is 17.7. The molecule has 8 heteroatoms. The fourth-order valence-corrected chi connectivity index (χ4v) is 4.53. The van der Waals surface area contributed by atoms with Gasteiger partial charge in [0.25, 0.3) is 5.82 Å². The molecule has 0 aliphatic carbocycles. The smallest absolute Gasteiger partial charge is 0.281 e. The molecular weight excluding hydrogens is 394 g/mol. The van der Waals surface area contributed by atoms with E-state index in [9.17, 15) is 13.0 Å². The average Bonchev–Trinajstić information content (AvgIpc) is 2.90. The van der Waals surface area contributed by atoms with Gasteiger partial charge < -0.3 is 9.45 Å². The standard InChI is InChI=1S/C20H23N3O3S2/c1-21(14-15-27-28(24,25)26)17-11-8-16(9-12-17)10-13-20-22(2)18-6-4-5-7-19(18)23(20)3/h4-13H,14-15H2,1-3H3. The SMILES string of the molecule is CN(CCSS(=O)(=O)[O-])c1ccc(/C=C/c2n(C)c3ccccc3[n+]2C)cc1. The van der Waals surface area contributed by atoms with Crippen LogP contribution in [0.3, 0.4) is 0 Å². The van der Waals surface area contributed by atoms with Crippen LogP contribution in [-0.4, -0.2) is 36.9 Å². The van der Waals surface area contributed by atoms with Crippen molar-refractivity contribution >= 4 is 48.8 Å². The van der Waals surface area contributed by atoms with Gasteiger partial charge in [-0.1, -0.05) is 24.3 Å². The Bertz CT molecular complexity index is 1060. The maximum absolute atomic E-state index is 10.7. The Morgan fingerprint density at radius 3 is 2.46 bits per heavy atom. The van der Waals surface area contributed by atoms with Gasteiger partial charge in [-0.3, -0.25) is 0 Å². The third-order valence-electron chi connectivity index (χ3n) is 4.70. The molecule has 6 nitrogen and oxygen atoms in total. The molecule has 2 aromatic carbocycles. The number of aromatic nitrogens is 2. The summed E-state index contributed by atoms with van der Waals surface area (Å²) in [6, 6.07) is 16.3. The monoisotopic (exact) mass is 417 g/mol. The Morgan fingerprint density at radius 1 is 1.14 bits per heavy atom. The number of nitrogens with zero attached hydrogens (tertiary/aromatic N) is 3. The first-order valence-electron chi connectivity index (χ1n) is 8.79. The normalized spacial score (nSPS) is 12.1. The van der Waals surface area contributed by atoms with Crippen molar-refractivity contribution in [3.05, 3.63) is 59.9 Å². The number of hydrogen-bond acceptors (Lipinski definition) is 5. The van der Waals surface area contributed by atoms with E-state index in [4.69, 9.17) is 0 Å². The van der Waals surface area contributed by atoms with E-state index in [-0.39, 0.29) is 5.75 Å². The summed E-state index contributed by atoms with van der Waals surface area (Å²) in [6.07, 6.45) is 4.16. The molecule has 0 unspecified atom stereocenters. The van der Waals surface area contributed by atoms with Gasteiger partial charge >= 0.3 is 0 Å². The van der Waals surface area contributed by atoms with E-state index in [1.807, 2.05) is 48.3 Å². The van der Waals surface area contributed by atoms with Gasteiger partial charge in [0.2, 0.25) is 0 Å². The molecular formula is C20H23N3O3S2. The lowest BCUT2D eigenvalue weighted by atomic mass is 10.2. The lowest BCUT2D eigenvalue weighted by molar-refractivity contribution is -0.647. The summed E-state index contributed by atoms with van der Waals surface area (Å²) in [7, 11) is 2.18. The maximum Gasteiger partial charge on any atom is 0.281 e. The van der Waals surface area contributed by atoms with Crippen LogP contribution in [0.5, 0.6) is 0 Å². The van der Waals surface area contributed by atoms with Gasteiger partial charge in [0.05, 0.1) is 14.1 Å². The molecule has 0 aliphatic rings. The molecule has 0 atom stereocenters. The molecule has 0 spiro atoms. The third kappa shape index (κ3) is 4.76. The van der Waals surface area contributed by atoms with E-state index < -0.39 is 9.15 Å². The van der Waals surface area contributed by atoms with Crippen LogP contribution in [0.1, 0.15) is 11.4 Å². The largest absolute Gasteiger partial charge is 0.739 e. The van der Waals surface area contributed by atoms with Crippen LogP contribution >= 0.6 is 10.8 Å². The van der Waals surface area contributed by atoms with Gasteiger partial charge in [-0.15, -0.1) is 0 Å². The topological polar surface area (TPSA) is 69.2 Å². The highest BCUT2D eigenvalue weighted by atomic mass is 33.1. The minimum Gasteiger partial charge on any atom is -0.739 e. The maximum atomic E-state index is 10.7. The van der Waals surface area contributed by atoms with Crippen LogP contribution in [0.15, 0.2) is 48.5 Å². The van der Waals surface area contributed by atoms with Crippen molar-refractivity contribution in [2.75, 3.05) is 24.2 Å². The number of benzene rings is 2. The first kappa shape index (κ1) is 20.4. The number of anilines is 1. The zero-order chi connectivity index (χ0) is 20.3. The molecule has 1 heterocycles. The third-order valence-corrected chi connectivity index (χ3v) is 6.71. The molecule has 0 bridgehead atoms. The summed E-state index contributed by atoms with van der Waals surface area (Å²) >= 11 is 0. The molecule has 1 aromatic heterocycles. The van der Waals surface area contributed by atoms with E-state index in [0.29, 0.717) is 17.3 Å². The van der Waals surface area contributed by atoms with E-state index in [1.165, 1.54) is 11.0 Å². The fraction of sp³-hybridized carbons (Fsp3) is 0.250. The molecule has 0 fully saturated rings. The van der Waals surface area contributed by atoms with Gasteiger partial charge in [-0.05, 0) is 46.7 Å². The first-order valence-corrected chi connectivity index (χ1v) is 11.7. The second-order valence-corrected chi connectivity index (χ2v) is 9.93. The number of hydrogen-bond donors (Lipinski definition) is 0. The van der Waals surface area contributed by atoms with Gasteiger partial charge in [-0.2, -0.15) is 0 Å². The zero-order valence-electron chi connectivity index (χ0n) is 16.1. The molecule has 0 radical (unpaired) electrons. The van der Waals surface area contributed by atoms with Crippen LogP contribution in [0.25, 0.3) is 23.2 Å². The number of rotatable bonds is 7. The molecule has 0 aliphatic heterocycles. The minimum absolute atomic E-state index is 0.238. The fourth-order valence-electron chi connectivity index (χ4n) is 3.14. The van der Waals surface area contributed by atoms with Crippen molar-refractivity contribution in [2.24, 2.45) is 14.1 Å². The van der Waals surface area contributed by atoms with Crippen molar-refractivity contribution in [1.29, 1.82) is 0 Å². The lowest BCUT2D eigenvalue weighted by Gasteiger charge is -2.19. The second-order valence-electron chi connectivity index (χ2n) is 6.54.